The number of carbonyl (C=O) groups is 1. The van der Waals surface area contributed by atoms with Crippen LogP contribution < -0.4 is 15.6 Å². The van der Waals surface area contributed by atoms with Crippen LogP contribution in [0.5, 0.6) is 11.5 Å². The van der Waals surface area contributed by atoms with Crippen molar-refractivity contribution in [2.24, 2.45) is 10.3 Å². The topological polar surface area (TPSA) is 160 Å². The molecule has 1 aliphatic heterocycles. The number of carboxylic acids is 1. The van der Waals surface area contributed by atoms with Crippen molar-refractivity contribution in [3.8, 4) is 11.5 Å². The van der Waals surface area contributed by atoms with Crippen molar-refractivity contribution in [1.82, 2.24) is 9.55 Å². The van der Waals surface area contributed by atoms with Crippen molar-refractivity contribution < 1.29 is 28.2 Å². The third-order valence-corrected chi connectivity index (χ3v) is 6.53. The van der Waals surface area contributed by atoms with Crippen molar-refractivity contribution in [3.05, 3.63) is 52.4 Å². The van der Waals surface area contributed by atoms with E-state index in [2.05, 4.69) is 14.7 Å². The molecule has 0 atom stereocenters. The fourth-order valence-electron chi connectivity index (χ4n) is 3.55. The largest absolute Gasteiger partial charge is 0.506 e. The molecule has 0 radical (unpaired) electrons. The predicted octanol–water partition coefficient (Wildman–Crippen LogP) is 2.17. The highest BCUT2D eigenvalue weighted by atomic mass is 32.2. The summed E-state index contributed by atoms with van der Waals surface area (Å²) in [6.45, 7) is 3.69. The Morgan fingerprint density at radius 3 is 2.74 bits per heavy atom. The first-order valence-corrected chi connectivity index (χ1v) is 11.8. The number of nitrogens with zero attached hydrogens (tertiary/aromatic N) is 3. The maximum atomic E-state index is 13.4. The monoisotopic (exact) mass is 486 g/mol. The fourth-order valence-corrected chi connectivity index (χ4v) is 4.69. The van der Waals surface area contributed by atoms with E-state index in [1.54, 1.807) is 12.1 Å². The molecule has 1 aliphatic rings. The van der Waals surface area contributed by atoms with Gasteiger partial charge in [0, 0.05) is 18.8 Å². The first kappa shape index (κ1) is 23.2. The molecule has 2 aromatic heterocycles. The number of amidine groups is 1. The minimum absolute atomic E-state index is 0.0286. The first-order chi connectivity index (χ1) is 16.1. The molecule has 0 fully saturated rings. The van der Waals surface area contributed by atoms with E-state index in [0.717, 1.165) is 6.07 Å². The van der Waals surface area contributed by atoms with Gasteiger partial charge in [0.25, 0.3) is 15.6 Å². The normalized spacial score (nSPS) is 14.4. The molecule has 12 heteroatoms. The van der Waals surface area contributed by atoms with Crippen molar-refractivity contribution in [2.45, 2.75) is 31.7 Å². The molecule has 0 amide bonds. The van der Waals surface area contributed by atoms with E-state index in [4.69, 9.17) is 9.84 Å². The summed E-state index contributed by atoms with van der Waals surface area (Å²) in [7, 11) is -4.30. The average Bonchev–Trinajstić information content (AvgIpc) is 2.77. The number of aryl methyl sites for hydroxylation is 1. The van der Waals surface area contributed by atoms with Crippen molar-refractivity contribution in [3.63, 3.8) is 0 Å². The Morgan fingerprint density at radius 2 is 2.03 bits per heavy atom. The lowest BCUT2D eigenvalue weighted by Gasteiger charge is -2.21. The Labute approximate surface area is 194 Å². The lowest BCUT2D eigenvalue weighted by molar-refractivity contribution is -0.139. The smallest absolute Gasteiger partial charge is 0.341 e. The van der Waals surface area contributed by atoms with Gasteiger partial charge in [-0.05, 0) is 36.6 Å². The molecule has 4 rings (SSSR count). The molecule has 34 heavy (non-hydrogen) atoms. The molecule has 0 aliphatic carbocycles. The second kappa shape index (κ2) is 8.78. The number of carboxylic acid groups (broad SMARTS) is 1. The van der Waals surface area contributed by atoms with Crippen molar-refractivity contribution >= 4 is 38.5 Å². The van der Waals surface area contributed by atoms with E-state index in [-0.39, 0.29) is 44.7 Å². The van der Waals surface area contributed by atoms with E-state index < -0.39 is 33.9 Å². The van der Waals surface area contributed by atoms with Gasteiger partial charge in [0.2, 0.25) is 0 Å². The van der Waals surface area contributed by atoms with Crippen LogP contribution >= 0.6 is 0 Å². The van der Waals surface area contributed by atoms with Crippen molar-refractivity contribution in [2.75, 3.05) is 11.9 Å². The van der Waals surface area contributed by atoms with Gasteiger partial charge < -0.3 is 20.3 Å². The van der Waals surface area contributed by atoms with Gasteiger partial charge in [-0.3, -0.25) is 9.36 Å². The Bertz CT molecular complexity index is 1490. The molecule has 1 aromatic carbocycles. The maximum Gasteiger partial charge on any atom is 0.341 e. The lowest BCUT2D eigenvalue weighted by Crippen LogP contribution is -2.33. The number of hydrogen-bond donors (Lipinski definition) is 3. The number of sulfonamides is 1. The summed E-state index contributed by atoms with van der Waals surface area (Å²) in [5.41, 5.74) is -0.527. The Kier molecular flexibility index (Phi) is 6.00. The number of fused-ring (bicyclic) bond motifs is 2. The second-order valence-corrected chi connectivity index (χ2v) is 9.69. The van der Waals surface area contributed by atoms with Gasteiger partial charge in [-0.25, -0.2) is 9.78 Å². The van der Waals surface area contributed by atoms with Crippen LogP contribution in [0.25, 0.3) is 11.0 Å². The summed E-state index contributed by atoms with van der Waals surface area (Å²) < 4.78 is 36.0. The van der Waals surface area contributed by atoms with Crippen LogP contribution in [-0.2, 0) is 21.4 Å². The number of hydrogen-bond acceptors (Lipinski definition) is 8. The molecule has 0 saturated carbocycles. The van der Waals surface area contributed by atoms with E-state index in [1.807, 2.05) is 13.8 Å². The van der Waals surface area contributed by atoms with Gasteiger partial charge in [0.05, 0.1) is 11.1 Å². The summed E-state index contributed by atoms with van der Waals surface area (Å²) in [5, 5.41) is 22.8. The van der Waals surface area contributed by atoms with E-state index in [0.29, 0.717) is 13.0 Å². The van der Waals surface area contributed by atoms with E-state index in [1.165, 1.54) is 22.9 Å². The summed E-state index contributed by atoms with van der Waals surface area (Å²) >= 11 is 0. The third kappa shape index (κ3) is 4.31. The van der Waals surface area contributed by atoms with Gasteiger partial charge in [0.1, 0.15) is 27.6 Å². The molecular weight excluding hydrogens is 464 g/mol. The zero-order valence-electron chi connectivity index (χ0n) is 18.3. The summed E-state index contributed by atoms with van der Waals surface area (Å²) in [6, 6.07) is 7.09. The maximum absolute atomic E-state index is 13.4. The lowest BCUT2D eigenvalue weighted by atomic mass is 10.1. The molecule has 0 spiro atoms. The van der Waals surface area contributed by atoms with E-state index >= 15 is 0 Å². The molecule has 0 bridgehead atoms. The Hall–Kier alpha value is -3.93. The molecule has 3 aromatic rings. The Morgan fingerprint density at radius 1 is 1.26 bits per heavy atom. The van der Waals surface area contributed by atoms with Crippen LogP contribution in [0.15, 0.2) is 50.6 Å². The number of ether oxygens (including phenoxy) is 1. The minimum atomic E-state index is -4.30. The fraction of sp³-hybridized carbons (Fsp3) is 0.273. The molecule has 11 nitrogen and oxygen atoms in total. The van der Waals surface area contributed by atoms with Gasteiger partial charge in [-0.1, -0.05) is 13.8 Å². The molecule has 178 valence electrons. The minimum Gasteiger partial charge on any atom is -0.506 e. The third-order valence-electron chi connectivity index (χ3n) is 5.22. The summed E-state index contributed by atoms with van der Waals surface area (Å²) in [4.78, 5) is 28.1. The quantitative estimate of drug-likeness (QED) is 0.455. The van der Waals surface area contributed by atoms with Gasteiger partial charge >= 0.3 is 5.97 Å². The summed E-state index contributed by atoms with van der Waals surface area (Å²) in [6.07, 6.45) is 2.17. The number of aromatic hydroxyl groups is 1. The highest BCUT2D eigenvalue weighted by Crippen LogP contribution is 2.34. The number of aromatic nitrogens is 2. The number of anilines is 1. The highest BCUT2D eigenvalue weighted by molar-refractivity contribution is 7.90. The first-order valence-electron chi connectivity index (χ1n) is 10.4. The number of rotatable bonds is 7. The zero-order chi connectivity index (χ0) is 24.6. The number of pyridine rings is 2. The van der Waals surface area contributed by atoms with E-state index in [9.17, 15) is 23.1 Å². The van der Waals surface area contributed by atoms with Crippen LogP contribution in [0.3, 0.4) is 0 Å². The standard InChI is InChI=1S/C22H22N4O7S/c1-12(2)7-9-26-21-14(4-3-8-23-21)19(29)18(22(26)30)20-24-15-6-5-13(33-11-17(27)28)10-16(15)34(31,32)25-20/h3-6,8,10,12,29H,7,9,11H2,1-2H3,(H,24,25)(H,27,28). The summed E-state index contributed by atoms with van der Waals surface area (Å²) in [5.74, 6) is -1.65. The van der Waals surface area contributed by atoms with Crippen LogP contribution in [0.1, 0.15) is 25.8 Å². The number of benzene rings is 1. The van der Waals surface area contributed by atoms with Crippen LogP contribution in [0.4, 0.5) is 5.69 Å². The Balaban J connectivity index is 1.85. The number of aliphatic carboxylic acids is 1. The molecule has 0 unspecified atom stereocenters. The predicted molar refractivity (Wildman–Crippen MR) is 124 cm³/mol. The van der Waals surface area contributed by atoms with Gasteiger partial charge in [0.15, 0.2) is 12.4 Å². The SMILES string of the molecule is CC(C)CCn1c(=O)c(C2=NS(=O)(=O)c3cc(OCC(=O)O)ccc3N2)c(O)c2cccnc21. The molecule has 3 heterocycles. The van der Waals surface area contributed by atoms with Crippen LogP contribution in [0, 0.1) is 5.92 Å². The average molecular weight is 487 g/mol. The van der Waals surface area contributed by atoms with Gasteiger partial charge in [-0.15, -0.1) is 4.40 Å². The highest BCUT2D eigenvalue weighted by Gasteiger charge is 2.30. The molecule has 3 N–H and O–H groups in total. The van der Waals surface area contributed by atoms with Crippen molar-refractivity contribution in [1.29, 1.82) is 0 Å². The molecule has 0 saturated heterocycles. The van der Waals surface area contributed by atoms with Gasteiger partial charge in [-0.2, -0.15) is 8.42 Å². The number of nitrogens with one attached hydrogen (secondary N) is 1. The molecular formula is C22H22N4O7S. The zero-order valence-corrected chi connectivity index (χ0v) is 19.2. The second-order valence-electron chi connectivity index (χ2n) is 8.12. The van der Waals surface area contributed by atoms with Crippen LogP contribution in [-0.4, -0.2) is 46.6 Å². The van der Waals surface area contributed by atoms with Crippen LogP contribution in [0.2, 0.25) is 0 Å².